The van der Waals surface area contributed by atoms with Crippen molar-refractivity contribution in [2.45, 2.75) is 25.3 Å². The molecule has 14 heavy (non-hydrogen) atoms. The first-order valence-corrected chi connectivity index (χ1v) is 4.64. The molecule has 0 aromatic carbocycles. The van der Waals surface area contributed by atoms with Crippen LogP contribution in [0.5, 0.6) is 0 Å². The van der Waals surface area contributed by atoms with E-state index in [0.29, 0.717) is 13.0 Å². The number of carbonyl (C=O) groups excluding carboxylic acids is 1. The minimum absolute atomic E-state index is 0.0427. The number of nitrogens with zero attached hydrogens (tertiary/aromatic N) is 2. The second-order valence-electron chi connectivity index (χ2n) is 3.11. The van der Waals surface area contributed by atoms with Crippen LogP contribution in [0.2, 0.25) is 0 Å². The van der Waals surface area contributed by atoms with Gasteiger partial charge in [-0.05, 0) is 6.42 Å². The quantitative estimate of drug-likeness (QED) is 0.610. The second kappa shape index (κ2) is 5.22. The SMILES string of the molecule is CN=C1CCC(C(=O)NCCC#N)N1. The predicted octanol–water partition coefficient (Wildman–Crippen LogP) is -0.203. The van der Waals surface area contributed by atoms with E-state index in [4.69, 9.17) is 5.26 Å². The summed E-state index contributed by atoms with van der Waals surface area (Å²) in [5.74, 6) is 0.837. The molecule has 1 amide bonds. The Hall–Kier alpha value is -1.57. The molecule has 1 heterocycles. The monoisotopic (exact) mass is 194 g/mol. The molecule has 0 radical (unpaired) electrons. The molecule has 1 aliphatic heterocycles. The molecular weight excluding hydrogens is 180 g/mol. The third kappa shape index (κ3) is 2.73. The van der Waals surface area contributed by atoms with Crippen LogP contribution >= 0.6 is 0 Å². The molecule has 2 N–H and O–H groups in total. The predicted molar refractivity (Wildman–Crippen MR) is 52.8 cm³/mol. The lowest BCUT2D eigenvalue weighted by molar-refractivity contribution is -0.122. The Labute approximate surface area is 83.2 Å². The van der Waals surface area contributed by atoms with Crippen molar-refractivity contribution < 1.29 is 4.79 Å². The molecule has 76 valence electrons. The topological polar surface area (TPSA) is 77.3 Å². The lowest BCUT2D eigenvalue weighted by Gasteiger charge is -2.09. The highest BCUT2D eigenvalue weighted by molar-refractivity contribution is 5.93. The van der Waals surface area contributed by atoms with Gasteiger partial charge in [0.15, 0.2) is 0 Å². The van der Waals surface area contributed by atoms with Gasteiger partial charge in [-0.3, -0.25) is 9.79 Å². The summed E-state index contributed by atoms with van der Waals surface area (Å²) in [7, 11) is 1.71. The van der Waals surface area contributed by atoms with E-state index in [0.717, 1.165) is 18.7 Å². The molecule has 1 rings (SSSR count). The molecule has 0 bridgehead atoms. The van der Waals surface area contributed by atoms with E-state index in [1.807, 2.05) is 6.07 Å². The lowest BCUT2D eigenvalue weighted by Crippen LogP contribution is -2.41. The smallest absolute Gasteiger partial charge is 0.242 e. The summed E-state index contributed by atoms with van der Waals surface area (Å²) in [5.41, 5.74) is 0. The van der Waals surface area contributed by atoms with Gasteiger partial charge >= 0.3 is 0 Å². The zero-order chi connectivity index (χ0) is 10.4. The minimum atomic E-state index is -0.174. The Morgan fingerprint density at radius 1 is 1.86 bits per heavy atom. The number of carbonyl (C=O) groups is 1. The van der Waals surface area contributed by atoms with E-state index in [9.17, 15) is 4.79 Å². The summed E-state index contributed by atoms with van der Waals surface area (Å²) < 4.78 is 0. The van der Waals surface area contributed by atoms with Gasteiger partial charge in [-0.1, -0.05) is 0 Å². The van der Waals surface area contributed by atoms with E-state index >= 15 is 0 Å². The normalized spacial score (nSPS) is 22.9. The van der Waals surface area contributed by atoms with E-state index in [-0.39, 0.29) is 11.9 Å². The summed E-state index contributed by atoms with van der Waals surface area (Å²) in [6, 6.07) is 1.80. The van der Waals surface area contributed by atoms with Crippen molar-refractivity contribution in [2.75, 3.05) is 13.6 Å². The Kier molecular flexibility index (Phi) is 3.92. The van der Waals surface area contributed by atoms with Crippen molar-refractivity contribution >= 4 is 11.7 Å². The van der Waals surface area contributed by atoms with Gasteiger partial charge < -0.3 is 10.6 Å². The zero-order valence-electron chi connectivity index (χ0n) is 8.21. The Morgan fingerprint density at radius 3 is 3.21 bits per heavy atom. The van der Waals surface area contributed by atoms with Gasteiger partial charge in [-0.25, -0.2) is 0 Å². The van der Waals surface area contributed by atoms with Crippen LogP contribution in [0.4, 0.5) is 0 Å². The molecule has 0 aliphatic carbocycles. The fourth-order valence-electron chi connectivity index (χ4n) is 1.36. The van der Waals surface area contributed by atoms with Crippen molar-refractivity contribution in [3.8, 4) is 6.07 Å². The molecule has 0 aromatic heterocycles. The van der Waals surface area contributed by atoms with Crippen molar-refractivity contribution in [1.29, 1.82) is 5.26 Å². The molecule has 0 saturated carbocycles. The second-order valence-corrected chi connectivity index (χ2v) is 3.11. The largest absolute Gasteiger partial charge is 0.362 e. The van der Waals surface area contributed by atoms with Crippen LogP contribution in [0.15, 0.2) is 4.99 Å². The molecule has 1 aliphatic rings. The third-order valence-electron chi connectivity index (χ3n) is 2.13. The first-order valence-electron chi connectivity index (χ1n) is 4.64. The van der Waals surface area contributed by atoms with Crippen LogP contribution in [0, 0.1) is 11.3 Å². The van der Waals surface area contributed by atoms with E-state index in [2.05, 4.69) is 15.6 Å². The van der Waals surface area contributed by atoms with Crippen molar-refractivity contribution in [2.24, 2.45) is 4.99 Å². The number of hydrogen-bond donors (Lipinski definition) is 2. The number of amides is 1. The molecule has 5 nitrogen and oxygen atoms in total. The summed E-state index contributed by atoms with van der Waals surface area (Å²) in [4.78, 5) is 15.4. The number of hydrogen-bond acceptors (Lipinski definition) is 3. The number of nitriles is 1. The molecule has 1 unspecified atom stereocenters. The van der Waals surface area contributed by atoms with E-state index in [1.54, 1.807) is 7.05 Å². The lowest BCUT2D eigenvalue weighted by atomic mass is 10.2. The highest BCUT2D eigenvalue weighted by Gasteiger charge is 2.24. The van der Waals surface area contributed by atoms with Crippen molar-refractivity contribution in [1.82, 2.24) is 10.6 Å². The molecular formula is C9H14N4O. The third-order valence-corrected chi connectivity index (χ3v) is 2.13. The fraction of sp³-hybridized carbons (Fsp3) is 0.667. The van der Waals surface area contributed by atoms with Gasteiger partial charge in [0.25, 0.3) is 0 Å². The van der Waals surface area contributed by atoms with Crippen LogP contribution in [0.1, 0.15) is 19.3 Å². The van der Waals surface area contributed by atoms with Crippen LogP contribution in [-0.2, 0) is 4.79 Å². The standard InChI is InChI=1S/C9H14N4O/c1-11-8-4-3-7(13-8)9(14)12-6-2-5-10/h7H,2-4,6H2,1H3,(H,11,13)(H,12,14). The maximum Gasteiger partial charge on any atom is 0.242 e. The number of aliphatic imine (C=N–C) groups is 1. The van der Waals surface area contributed by atoms with Gasteiger partial charge in [0.05, 0.1) is 18.3 Å². The highest BCUT2D eigenvalue weighted by Crippen LogP contribution is 2.07. The van der Waals surface area contributed by atoms with Gasteiger partial charge in [0.1, 0.15) is 6.04 Å². The average Bonchev–Trinajstić information content (AvgIpc) is 2.66. The number of rotatable bonds is 3. The summed E-state index contributed by atoms with van der Waals surface area (Å²) in [6.45, 7) is 0.423. The summed E-state index contributed by atoms with van der Waals surface area (Å²) >= 11 is 0. The Morgan fingerprint density at radius 2 is 2.64 bits per heavy atom. The van der Waals surface area contributed by atoms with Crippen molar-refractivity contribution in [3.05, 3.63) is 0 Å². The zero-order valence-corrected chi connectivity index (χ0v) is 8.21. The molecule has 1 saturated heterocycles. The summed E-state index contributed by atoms with van der Waals surface area (Å²) in [5, 5.41) is 14.0. The van der Waals surface area contributed by atoms with Gasteiger partial charge in [-0.15, -0.1) is 0 Å². The maximum atomic E-state index is 11.4. The van der Waals surface area contributed by atoms with E-state index in [1.165, 1.54) is 0 Å². The van der Waals surface area contributed by atoms with Crippen LogP contribution in [-0.4, -0.2) is 31.4 Å². The Balaban J connectivity index is 2.29. The maximum absolute atomic E-state index is 11.4. The highest BCUT2D eigenvalue weighted by atomic mass is 16.2. The summed E-state index contributed by atoms with van der Waals surface area (Å²) in [6.07, 6.45) is 1.96. The van der Waals surface area contributed by atoms with Gasteiger partial charge in [-0.2, -0.15) is 5.26 Å². The van der Waals surface area contributed by atoms with Crippen LogP contribution in [0.25, 0.3) is 0 Å². The first-order chi connectivity index (χ1) is 6.77. The Bertz CT molecular complexity index is 279. The molecule has 1 atom stereocenters. The molecule has 1 fully saturated rings. The number of amidine groups is 1. The van der Waals surface area contributed by atoms with Crippen LogP contribution in [0.3, 0.4) is 0 Å². The molecule has 0 aromatic rings. The van der Waals surface area contributed by atoms with Gasteiger partial charge in [0.2, 0.25) is 5.91 Å². The van der Waals surface area contributed by atoms with Crippen LogP contribution < -0.4 is 10.6 Å². The fourth-order valence-corrected chi connectivity index (χ4v) is 1.36. The average molecular weight is 194 g/mol. The number of nitrogens with one attached hydrogen (secondary N) is 2. The van der Waals surface area contributed by atoms with Gasteiger partial charge in [0, 0.05) is 20.0 Å². The first kappa shape index (κ1) is 10.5. The van der Waals surface area contributed by atoms with E-state index < -0.39 is 0 Å². The molecule has 5 heteroatoms. The van der Waals surface area contributed by atoms with Crippen molar-refractivity contribution in [3.63, 3.8) is 0 Å². The minimum Gasteiger partial charge on any atom is -0.362 e. The molecule has 0 spiro atoms.